The van der Waals surface area contributed by atoms with Crippen molar-refractivity contribution in [1.29, 1.82) is 0 Å². The van der Waals surface area contributed by atoms with Crippen molar-refractivity contribution in [3.05, 3.63) is 283 Å². The molecule has 1 heteroatoms. The third-order valence-corrected chi connectivity index (χ3v) is 14.1. The maximum Gasteiger partial charge on any atom is 0.0726 e. The number of benzene rings is 11. The molecule has 11 aromatic rings. The van der Waals surface area contributed by atoms with E-state index in [1.165, 1.54) is 88.7 Å². The monoisotopic (exact) mass is 837 g/mol. The Balaban J connectivity index is 1.05. The topological polar surface area (TPSA) is 3.24 Å². The molecule has 11 aromatic carbocycles. The molecule has 0 atom stereocenters. The van der Waals surface area contributed by atoms with Crippen molar-refractivity contribution < 1.29 is 0 Å². The van der Waals surface area contributed by atoms with Gasteiger partial charge >= 0.3 is 0 Å². The van der Waals surface area contributed by atoms with Gasteiger partial charge in [-0.15, -0.1) is 0 Å². The quantitative estimate of drug-likeness (QED) is 0.155. The average molecular weight is 838 g/mol. The highest BCUT2D eigenvalue weighted by Crippen LogP contribution is 2.64. The largest absolute Gasteiger partial charge is 0.310 e. The van der Waals surface area contributed by atoms with Crippen molar-refractivity contribution >= 4 is 27.8 Å². The lowest BCUT2D eigenvalue weighted by atomic mass is 9.70. The Morgan fingerprint density at radius 3 is 1.32 bits per heavy atom. The van der Waals surface area contributed by atoms with Gasteiger partial charge in [-0.05, 0) is 137 Å². The first-order valence-corrected chi connectivity index (χ1v) is 22.9. The zero-order valence-electron chi connectivity index (χ0n) is 36.3. The first kappa shape index (κ1) is 38.0. The maximum atomic E-state index is 2.51. The van der Waals surface area contributed by atoms with Gasteiger partial charge in [0, 0.05) is 16.9 Å². The smallest absolute Gasteiger partial charge is 0.0726 e. The normalized spacial score (nSPS) is 12.7. The highest BCUT2D eigenvalue weighted by molar-refractivity contribution is 6.02. The Kier molecular flexibility index (Phi) is 8.82. The second kappa shape index (κ2) is 15.3. The first-order valence-electron chi connectivity index (χ1n) is 22.9. The number of anilines is 3. The summed E-state index contributed by atoms with van der Waals surface area (Å²) >= 11 is 0. The number of hydrogen-bond donors (Lipinski definition) is 0. The van der Waals surface area contributed by atoms with E-state index < -0.39 is 5.41 Å². The number of fused-ring (bicyclic) bond motifs is 11. The molecule has 2 aliphatic rings. The standard InChI is InChI=1S/C65H43N/c1-3-16-44(17-4-1)47-30-32-49(33-31-47)53-41-52(45-18-5-2-6-19-45)42-55(43-53)66(54-38-36-48(37-39-54)51-35-34-46-20-7-8-21-50(46)40-51)63-29-15-28-62-64(63)58-24-11-14-27-61(58)65(62)59-25-12-9-22-56(59)57-23-10-13-26-60(57)65/h1-43H. The summed E-state index contributed by atoms with van der Waals surface area (Å²) < 4.78 is 0. The van der Waals surface area contributed by atoms with E-state index in [4.69, 9.17) is 0 Å². The Morgan fingerprint density at radius 2 is 0.682 bits per heavy atom. The van der Waals surface area contributed by atoms with Crippen LogP contribution in [0, 0.1) is 0 Å². The number of nitrogens with zero attached hydrogens (tertiary/aromatic N) is 1. The summed E-state index contributed by atoms with van der Waals surface area (Å²) in [4.78, 5) is 2.51. The molecule has 0 radical (unpaired) electrons. The average Bonchev–Trinajstić information content (AvgIpc) is 3.87. The summed E-state index contributed by atoms with van der Waals surface area (Å²) in [6.07, 6.45) is 0. The van der Waals surface area contributed by atoms with Gasteiger partial charge in [0.2, 0.25) is 0 Å². The van der Waals surface area contributed by atoms with Gasteiger partial charge in [0.25, 0.3) is 0 Å². The molecule has 0 fully saturated rings. The van der Waals surface area contributed by atoms with E-state index >= 15 is 0 Å². The molecule has 308 valence electrons. The highest BCUT2D eigenvalue weighted by atomic mass is 15.1. The third kappa shape index (κ3) is 5.94. The van der Waals surface area contributed by atoms with E-state index in [9.17, 15) is 0 Å². The molecule has 0 saturated carbocycles. The van der Waals surface area contributed by atoms with Gasteiger partial charge in [-0.1, -0.05) is 218 Å². The molecule has 0 aromatic heterocycles. The van der Waals surface area contributed by atoms with Crippen LogP contribution in [-0.4, -0.2) is 0 Å². The Morgan fingerprint density at radius 1 is 0.242 bits per heavy atom. The lowest BCUT2D eigenvalue weighted by Crippen LogP contribution is -2.26. The predicted octanol–water partition coefficient (Wildman–Crippen LogP) is 17.3. The Hall–Kier alpha value is -8.52. The van der Waals surface area contributed by atoms with Crippen LogP contribution >= 0.6 is 0 Å². The van der Waals surface area contributed by atoms with Crippen LogP contribution in [0.2, 0.25) is 0 Å². The summed E-state index contributed by atoms with van der Waals surface area (Å²) in [7, 11) is 0. The van der Waals surface area contributed by atoms with Gasteiger partial charge in [0.1, 0.15) is 0 Å². The van der Waals surface area contributed by atoms with Crippen LogP contribution in [0.4, 0.5) is 17.1 Å². The van der Waals surface area contributed by atoms with E-state index in [1.807, 2.05) is 0 Å². The molecular formula is C65H43N. The lowest BCUT2D eigenvalue weighted by Gasteiger charge is -2.32. The molecule has 66 heavy (non-hydrogen) atoms. The summed E-state index contributed by atoms with van der Waals surface area (Å²) in [5, 5.41) is 2.49. The minimum absolute atomic E-state index is 0.460. The van der Waals surface area contributed by atoms with Crippen LogP contribution in [-0.2, 0) is 5.41 Å². The Labute approximate surface area is 386 Å². The zero-order valence-corrected chi connectivity index (χ0v) is 36.3. The van der Waals surface area contributed by atoms with Gasteiger partial charge in [-0.25, -0.2) is 0 Å². The van der Waals surface area contributed by atoms with Crippen molar-refractivity contribution in [3.8, 4) is 66.8 Å². The van der Waals surface area contributed by atoms with Crippen LogP contribution in [0.15, 0.2) is 261 Å². The molecule has 1 nitrogen and oxygen atoms in total. The lowest BCUT2D eigenvalue weighted by molar-refractivity contribution is 0.794. The minimum atomic E-state index is -0.460. The second-order valence-electron chi connectivity index (χ2n) is 17.6. The molecule has 1 spiro atoms. The van der Waals surface area contributed by atoms with Crippen LogP contribution in [0.3, 0.4) is 0 Å². The number of hydrogen-bond acceptors (Lipinski definition) is 1. The number of rotatable bonds is 7. The van der Waals surface area contributed by atoms with Crippen molar-refractivity contribution in [3.63, 3.8) is 0 Å². The highest BCUT2D eigenvalue weighted by Gasteiger charge is 2.52. The second-order valence-corrected chi connectivity index (χ2v) is 17.6. The van der Waals surface area contributed by atoms with Gasteiger partial charge in [0.15, 0.2) is 0 Å². The molecule has 0 saturated heterocycles. The van der Waals surface area contributed by atoms with E-state index in [1.54, 1.807) is 0 Å². The summed E-state index contributed by atoms with van der Waals surface area (Å²) in [6.45, 7) is 0. The van der Waals surface area contributed by atoms with Gasteiger partial charge in [-0.2, -0.15) is 0 Å². The molecular weight excluding hydrogens is 795 g/mol. The van der Waals surface area contributed by atoms with Crippen molar-refractivity contribution in [1.82, 2.24) is 0 Å². The van der Waals surface area contributed by atoms with Crippen LogP contribution in [0.5, 0.6) is 0 Å². The van der Waals surface area contributed by atoms with Crippen molar-refractivity contribution in [2.45, 2.75) is 5.41 Å². The summed E-state index contributed by atoms with van der Waals surface area (Å²) in [5.41, 5.74) is 22.8. The van der Waals surface area contributed by atoms with Crippen LogP contribution in [0.1, 0.15) is 22.3 Å². The minimum Gasteiger partial charge on any atom is -0.310 e. The van der Waals surface area contributed by atoms with Crippen molar-refractivity contribution in [2.24, 2.45) is 0 Å². The molecule has 0 unspecified atom stereocenters. The van der Waals surface area contributed by atoms with Gasteiger partial charge < -0.3 is 4.90 Å². The fraction of sp³-hybridized carbons (Fsp3) is 0.0154. The van der Waals surface area contributed by atoms with Gasteiger partial charge in [-0.3, -0.25) is 0 Å². The first-order chi connectivity index (χ1) is 32.7. The fourth-order valence-corrected chi connectivity index (χ4v) is 11.1. The van der Waals surface area contributed by atoms with E-state index in [2.05, 4.69) is 266 Å². The summed E-state index contributed by atoms with van der Waals surface area (Å²) in [6, 6.07) is 96.4. The fourth-order valence-electron chi connectivity index (χ4n) is 11.1. The predicted molar refractivity (Wildman–Crippen MR) is 277 cm³/mol. The molecule has 13 rings (SSSR count). The molecule has 0 heterocycles. The molecule has 0 N–H and O–H groups in total. The van der Waals surface area contributed by atoms with E-state index in [0.29, 0.717) is 0 Å². The SMILES string of the molecule is c1ccc(-c2ccc(-c3cc(-c4ccccc4)cc(N(c4ccc(-c5ccc6ccccc6c5)cc4)c4cccc5c4-c4ccccc4C54c5ccccc5-c5ccccc54)c3)cc2)cc1. The molecule has 2 aliphatic carbocycles. The van der Waals surface area contributed by atoms with E-state index in [0.717, 1.165) is 28.2 Å². The zero-order chi connectivity index (χ0) is 43.6. The maximum absolute atomic E-state index is 2.51. The third-order valence-electron chi connectivity index (χ3n) is 14.1. The molecule has 0 bridgehead atoms. The van der Waals surface area contributed by atoms with Crippen LogP contribution in [0.25, 0.3) is 77.5 Å². The van der Waals surface area contributed by atoms with Crippen molar-refractivity contribution in [2.75, 3.05) is 4.90 Å². The Bertz CT molecular complexity index is 3580. The molecule has 0 aliphatic heterocycles. The van der Waals surface area contributed by atoms with Crippen LogP contribution < -0.4 is 4.90 Å². The molecule has 0 amide bonds. The van der Waals surface area contributed by atoms with E-state index in [-0.39, 0.29) is 0 Å². The van der Waals surface area contributed by atoms with Gasteiger partial charge in [0.05, 0.1) is 11.1 Å². The summed E-state index contributed by atoms with van der Waals surface area (Å²) in [5.74, 6) is 0.